The van der Waals surface area contributed by atoms with Crippen molar-refractivity contribution < 1.29 is 9.84 Å². The standard InChI is InChI=1S/C13H11NO3S2/c15-12-7-5-18-11-10(19-13(16)14-11)9(7)6-3-1-2-4-8(6)17-12/h1-4,7,9,12,15H,5H2,(H,14,16). The van der Waals surface area contributed by atoms with E-state index in [0.717, 1.165) is 27.0 Å². The molecule has 0 aliphatic carbocycles. The molecule has 0 bridgehead atoms. The van der Waals surface area contributed by atoms with Gasteiger partial charge in [-0.1, -0.05) is 29.5 Å². The zero-order valence-corrected chi connectivity index (χ0v) is 11.5. The fourth-order valence-electron chi connectivity index (χ4n) is 2.79. The minimum Gasteiger partial charge on any atom is -0.464 e. The van der Waals surface area contributed by atoms with Gasteiger partial charge in [-0.3, -0.25) is 4.79 Å². The third kappa shape index (κ3) is 1.67. The first kappa shape index (κ1) is 11.6. The average Bonchev–Trinajstić information content (AvgIpc) is 2.79. The summed E-state index contributed by atoms with van der Waals surface area (Å²) in [5.74, 6) is 1.52. The van der Waals surface area contributed by atoms with Gasteiger partial charge in [-0.2, -0.15) is 0 Å². The Kier molecular flexibility index (Phi) is 2.51. The lowest BCUT2D eigenvalue weighted by Gasteiger charge is -2.38. The summed E-state index contributed by atoms with van der Waals surface area (Å²) >= 11 is 2.83. The molecule has 0 spiro atoms. The van der Waals surface area contributed by atoms with E-state index < -0.39 is 6.29 Å². The van der Waals surface area contributed by atoms with Gasteiger partial charge in [0.2, 0.25) is 6.29 Å². The molecule has 98 valence electrons. The van der Waals surface area contributed by atoms with E-state index >= 15 is 0 Å². The van der Waals surface area contributed by atoms with E-state index in [2.05, 4.69) is 4.98 Å². The number of benzene rings is 1. The number of hydrogen-bond donors (Lipinski definition) is 2. The Morgan fingerprint density at radius 1 is 1.37 bits per heavy atom. The summed E-state index contributed by atoms with van der Waals surface area (Å²) in [4.78, 5) is 15.5. The highest BCUT2D eigenvalue weighted by Crippen LogP contribution is 2.51. The van der Waals surface area contributed by atoms with Crippen LogP contribution in [0.15, 0.2) is 34.1 Å². The van der Waals surface area contributed by atoms with Crippen LogP contribution in [-0.2, 0) is 0 Å². The first-order valence-corrected chi connectivity index (χ1v) is 7.83. The summed E-state index contributed by atoms with van der Waals surface area (Å²) < 4.78 is 5.58. The number of nitrogens with one attached hydrogen (secondary N) is 1. The van der Waals surface area contributed by atoms with Gasteiger partial charge in [-0.15, -0.1) is 11.8 Å². The maximum atomic E-state index is 11.6. The number of aliphatic hydroxyl groups excluding tert-OH is 1. The van der Waals surface area contributed by atoms with E-state index in [9.17, 15) is 9.90 Å². The molecule has 2 N–H and O–H groups in total. The molecule has 1 aromatic heterocycles. The molecule has 0 fully saturated rings. The Morgan fingerprint density at radius 3 is 3.11 bits per heavy atom. The number of aromatic nitrogens is 1. The maximum Gasteiger partial charge on any atom is 0.305 e. The highest BCUT2D eigenvalue weighted by Gasteiger charge is 2.43. The predicted molar refractivity (Wildman–Crippen MR) is 74.1 cm³/mol. The first-order chi connectivity index (χ1) is 9.24. The van der Waals surface area contributed by atoms with Crippen LogP contribution in [0, 0.1) is 5.92 Å². The summed E-state index contributed by atoms with van der Waals surface area (Å²) in [5.41, 5.74) is 1.06. The normalized spacial score (nSPS) is 27.9. The van der Waals surface area contributed by atoms with Gasteiger partial charge in [0.25, 0.3) is 0 Å². The molecule has 3 atom stereocenters. The van der Waals surface area contributed by atoms with E-state index in [1.54, 1.807) is 11.8 Å². The third-order valence-corrected chi connectivity index (χ3v) is 5.90. The van der Waals surface area contributed by atoms with Crippen LogP contribution in [0.25, 0.3) is 0 Å². The number of aromatic amines is 1. The number of aliphatic hydroxyl groups is 1. The lowest BCUT2D eigenvalue weighted by atomic mass is 9.83. The lowest BCUT2D eigenvalue weighted by molar-refractivity contribution is -0.0717. The molecule has 4 nitrogen and oxygen atoms in total. The second-order valence-electron chi connectivity index (χ2n) is 4.71. The largest absolute Gasteiger partial charge is 0.464 e. The van der Waals surface area contributed by atoms with Crippen LogP contribution in [0.5, 0.6) is 5.75 Å². The van der Waals surface area contributed by atoms with Gasteiger partial charge >= 0.3 is 4.87 Å². The molecule has 2 aliphatic heterocycles. The number of ether oxygens (including phenoxy) is 1. The van der Waals surface area contributed by atoms with Crippen molar-refractivity contribution in [2.45, 2.75) is 17.2 Å². The Balaban J connectivity index is 1.95. The molecule has 0 saturated carbocycles. The second kappa shape index (κ2) is 4.13. The van der Waals surface area contributed by atoms with Crippen molar-refractivity contribution in [1.82, 2.24) is 4.98 Å². The SMILES string of the molecule is O=c1[nH]c2c(s1)C1c3ccccc3OC(O)C1CS2. The monoisotopic (exact) mass is 293 g/mol. The zero-order chi connectivity index (χ0) is 13.0. The summed E-state index contributed by atoms with van der Waals surface area (Å²) in [6.45, 7) is 0. The number of thiazole rings is 1. The molecule has 0 saturated heterocycles. The van der Waals surface area contributed by atoms with Gasteiger partial charge in [0.1, 0.15) is 5.75 Å². The van der Waals surface area contributed by atoms with Crippen molar-refractivity contribution in [3.63, 3.8) is 0 Å². The van der Waals surface area contributed by atoms with Gasteiger partial charge < -0.3 is 14.8 Å². The van der Waals surface area contributed by atoms with Crippen molar-refractivity contribution in [3.05, 3.63) is 44.4 Å². The molecular formula is C13H11NO3S2. The Bertz CT molecular complexity index is 693. The minimum absolute atomic E-state index is 0.00106. The van der Waals surface area contributed by atoms with Crippen LogP contribution in [0.3, 0.4) is 0 Å². The van der Waals surface area contributed by atoms with Gasteiger partial charge in [0, 0.05) is 28.0 Å². The van der Waals surface area contributed by atoms with E-state index in [1.807, 2.05) is 24.3 Å². The van der Waals surface area contributed by atoms with Crippen LogP contribution in [0.2, 0.25) is 0 Å². The van der Waals surface area contributed by atoms with Gasteiger partial charge in [0.15, 0.2) is 0 Å². The molecule has 3 unspecified atom stereocenters. The Morgan fingerprint density at radius 2 is 2.21 bits per heavy atom. The number of para-hydroxylation sites is 1. The van der Waals surface area contributed by atoms with Crippen molar-refractivity contribution >= 4 is 23.1 Å². The smallest absolute Gasteiger partial charge is 0.305 e. The molecular weight excluding hydrogens is 282 g/mol. The second-order valence-corrected chi connectivity index (χ2v) is 6.75. The number of thioether (sulfide) groups is 1. The van der Waals surface area contributed by atoms with Crippen molar-refractivity contribution in [2.75, 3.05) is 5.75 Å². The van der Waals surface area contributed by atoms with Gasteiger partial charge in [-0.05, 0) is 6.07 Å². The fourth-order valence-corrected chi connectivity index (χ4v) is 5.23. The predicted octanol–water partition coefficient (Wildman–Crippen LogP) is 2.00. The molecule has 1 aromatic carbocycles. The van der Waals surface area contributed by atoms with E-state index in [-0.39, 0.29) is 16.7 Å². The first-order valence-electron chi connectivity index (χ1n) is 6.03. The quantitative estimate of drug-likeness (QED) is 0.780. The summed E-state index contributed by atoms with van der Waals surface area (Å²) in [5, 5.41) is 11.1. The topological polar surface area (TPSA) is 62.3 Å². The highest BCUT2D eigenvalue weighted by atomic mass is 32.2. The molecule has 0 radical (unpaired) electrons. The maximum absolute atomic E-state index is 11.6. The number of rotatable bonds is 0. The van der Waals surface area contributed by atoms with Crippen molar-refractivity contribution in [2.24, 2.45) is 5.92 Å². The minimum atomic E-state index is -0.808. The van der Waals surface area contributed by atoms with E-state index in [0.29, 0.717) is 0 Å². The average molecular weight is 293 g/mol. The number of H-pyrrole nitrogens is 1. The zero-order valence-electron chi connectivity index (χ0n) is 9.83. The lowest BCUT2D eigenvalue weighted by Crippen LogP contribution is -2.39. The van der Waals surface area contributed by atoms with Gasteiger partial charge in [-0.25, -0.2) is 0 Å². The van der Waals surface area contributed by atoms with Crippen LogP contribution >= 0.6 is 23.1 Å². The fraction of sp³-hybridized carbons (Fsp3) is 0.308. The van der Waals surface area contributed by atoms with Crippen LogP contribution in [0.4, 0.5) is 0 Å². The van der Waals surface area contributed by atoms with E-state index in [1.165, 1.54) is 11.3 Å². The molecule has 2 aromatic rings. The summed E-state index contributed by atoms with van der Waals surface area (Å²) in [6, 6.07) is 7.74. The van der Waals surface area contributed by atoms with Crippen LogP contribution < -0.4 is 9.61 Å². The summed E-state index contributed by atoms with van der Waals surface area (Å²) in [7, 11) is 0. The van der Waals surface area contributed by atoms with Crippen LogP contribution in [-0.4, -0.2) is 22.1 Å². The third-order valence-electron chi connectivity index (χ3n) is 3.64. The van der Waals surface area contributed by atoms with Crippen molar-refractivity contribution in [3.8, 4) is 5.75 Å². The number of fused-ring (bicyclic) bond motifs is 5. The Hall–Kier alpha value is -1.24. The molecule has 2 aliphatic rings. The Labute approximate surface area is 117 Å². The number of hydrogen-bond acceptors (Lipinski definition) is 5. The molecule has 19 heavy (non-hydrogen) atoms. The van der Waals surface area contributed by atoms with E-state index in [4.69, 9.17) is 4.74 Å². The molecule has 0 amide bonds. The summed E-state index contributed by atoms with van der Waals surface area (Å²) in [6.07, 6.45) is -0.808. The molecule has 3 heterocycles. The van der Waals surface area contributed by atoms with Gasteiger partial charge in [0.05, 0.1) is 5.03 Å². The molecule has 6 heteroatoms. The highest BCUT2D eigenvalue weighted by molar-refractivity contribution is 7.99. The van der Waals surface area contributed by atoms with Crippen molar-refractivity contribution in [1.29, 1.82) is 0 Å². The molecule has 4 rings (SSSR count). The van der Waals surface area contributed by atoms with Crippen LogP contribution in [0.1, 0.15) is 16.4 Å².